The Hall–Kier alpha value is -1.98. The average Bonchev–Trinajstić information content (AvgIpc) is 2.70. The summed E-state index contributed by atoms with van der Waals surface area (Å²) in [7, 11) is 0. The molecule has 16 heavy (non-hydrogen) atoms. The van der Waals surface area contributed by atoms with Gasteiger partial charge < -0.3 is 10.3 Å². The highest BCUT2D eigenvalue weighted by Crippen LogP contribution is 2.42. The van der Waals surface area contributed by atoms with Crippen molar-refractivity contribution in [1.82, 2.24) is 4.65 Å². The first kappa shape index (κ1) is 9.26. The van der Waals surface area contributed by atoms with Crippen molar-refractivity contribution in [1.29, 1.82) is 0 Å². The molecule has 5 nitrogen and oxygen atoms in total. The van der Waals surface area contributed by atoms with Gasteiger partial charge in [0.05, 0.1) is 0 Å². The van der Waals surface area contributed by atoms with E-state index >= 15 is 0 Å². The highest BCUT2D eigenvalue weighted by molar-refractivity contribution is 6.40. The van der Waals surface area contributed by atoms with Crippen LogP contribution >= 0.6 is 0 Å². The maximum absolute atomic E-state index is 12.6. The van der Waals surface area contributed by atoms with Crippen LogP contribution in [0.5, 0.6) is 0 Å². The molecule has 80 valence electrons. The number of nitrogens with zero attached hydrogens (tertiary/aromatic N) is 2. The molecule has 0 amide bonds. The van der Waals surface area contributed by atoms with Crippen LogP contribution in [0, 0.1) is 5.21 Å². The number of carboxylic acid groups (broad SMARTS) is 1. The van der Waals surface area contributed by atoms with Crippen LogP contribution in [0.1, 0.15) is 5.56 Å². The van der Waals surface area contributed by atoms with Gasteiger partial charge in [-0.05, 0) is 6.07 Å². The highest BCUT2D eigenvalue weighted by atomic mass is 16.6. The van der Waals surface area contributed by atoms with Crippen molar-refractivity contribution in [2.24, 2.45) is 4.99 Å². The van der Waals surface area contributed by atoms with E-state index in [2.05, 4.69) is 4.99 Å². The van der Waals surface area contributed by atoms with Crippen molar-refractivity contribution >= 4 is 23.6 Å². The lowest BCUT2D eigenvalue weighted by molar-refractivity contribution is -0.129. The first-order valence-electron chi connectivity index (χ1n) is 4.83. The minimum Gasteiger partial charge on any atom is -0.615 e. The van der Waals surface area contributed by atoms with Gasteiger partial charge >= 0.3 is 11.8 Å². The van der Waals surface area contributed by atoms with Crippen LogP contribution in [0.25, 0.3) is 6.08 Å². The van der Waals surface area contributed by atoms with Crippen molar-refractivity contribution < 1.29 is 9.90 Å². The predicted molar refractivity (Wildman–Crippen MR) is 59.5 cm³/mol. The molecule has 1 atom stereocenters. The SMILES string of the molecule is O=C(O)C1=NCC2=Cc3ccccc3[N+]21[O-]. The van der Waals surface area contributed by atoms with Crippen LogP contribution in [0.2, 0.25) is 0 Å². The number of aliphatic imine (C=N–C) groups is 1. The van der Waals surface area contributed by atoms with Crippen LogP contribution in [0.3, 0.4) is 0 Å². The van der Waals surface area contributed by atoms with Gasteiger partial charge in [-0.2, -0.15) is 0 Å². The Labute approximate surface area is 91.1 Å². The molecule has 0 radical (unpaired) electrons. The Kier molecular flexibility index (Phi) is 1.61. The van der Waals surface area contributed by atoms with E-state index in [4.69, 9.17) is 5.11 Å². The number of amidine groups is 1. The standard InChI is InChI=1S/C11H8N2O3/c14-11(15)10-12-6-8-5-7-3-1-2-4-9(7)13(8,10)16/h1-5H,6H2,(H,14,15). The third-order valence-corrected chi connectivity index (χ3v) is 2.88. The fourth-order valence-electron chi connectivity index (χ4n) is 2.17. The number of quaternary nitrogens is 1. The summed E-state index contributed by atoms with van der Waals surface area (Å²) < 4.78 is -1.02. The second-order valence-corrected chi connectivity index (χ2v) is 3.75. The minimum absolute atomic E-state index is 0.166. The Morgan fingerprint density at radius 2 is 2.19 bits per heavy atom. The molecule has 0 aliphatic carbocycles. The van der Waals surface area contributed by atoms with Crippen molar-refractivity contribution in [2.45, 2.75) is 0 Å². The van der Waals surface area contributed by atoms with Crippen molar-refractivity contribution in [3.63, 3.8) is 0 Å². The van der Waals surface area contributed by atoms with E-state index in [1.807, 2.05) is 6.07 Å². The molecule has 2 heterocycles. The van der Waals surface area contributed by atoms with Gasteiger partial charge in [0.15, 0.2) is 5.69 Å². The topological polar surface area (TPSA) is 72.7 Å². The minimum atomic E-state index is -1.25. The summed E-state index contributed by atoms with van der Waals surface area (Å²) in [6.45, 7) is 0.166. The maximum atomic E-state index is 12.6. The molecular formula is C11H8N2O3. The second kappa shape index (κ2) is 2.78. The van der Waals surface area contributed by atoms with Gasteiger partial charge in [-0.3, -0.25) is 0 Å². The third kappa shape index (κ3) is 0.911. The van der Waals surface area contributed by atoms with Crippen LogP contribution in [-0.4, -0.2) is 23.5 Å². The van der Waals surface area contributed by atoms with Gasteiger partial charge in [-0.25, -0.2) is 14.4 Å². The van der Waals surface area contributed by atoms with Crippen LogP contribution in [0.4, 0.5) is 5.69 Å². The largest absolute Gasteiger partial charge is 0.615 e. The molecule has 1 aromatic carbocycles. The highest BCUT2D eigenvalue weighted by Gasteiger charge is 2.46. The number of rotatable bonds is 1. The summed E-state index contributed by atoms with van der Waals surface area (Å²) >= 11 is 0. The zero-order chi connectivity index (χ0) is 11.3. The van der Waals surface area contributed by atoms with Crippen LogP contribution < -0.4 is 4.65 Å². The fourth-order valence-corrected chi connectivity index (χ4v) is 2.17. The summed E-state index contributed by atoms with van der Waals surface area (Å²) in [5.74, 6) is -1.61. The summed E-state index contributed by atoms with van der Waals surface area (Å²) in [4.78, 5) is 14.8. The van der Waals surface area contributed by atoms with E-state index in [0.29, 0.717) is 11.4 Å². The van der Waals surface area contributed by atoms with Crippen molar-refractivity contribution in [3.8, 4) is 0 Å². The molecule has 2 aliphatic heterocycles. The van der Waals surface area contributed by atoms with Gasteiger partial charge in [0, 0.05) is 17.7 Å². The van der Waals surface area contributed by atoms with Crippen molar-refractivity contribution in [3.05, 3.63) is 40.7 Å². The van der Waals surface area contributed by atoms with Gasteiger partial charge in [0.1, 0.15) is 12.2 Å². The number of hydrogen-bond acceptors (Lipinski definition) is 3. The number of aliphatic carboxylic acids is 1. The molecule has 3 rings (SSSR count). The quantitative estimate of drug-likeness (QED) is 0.568. The normalized spacial score (nSPS) is 25.8. The summed E-state index contributed by atoms with van der Waals surface area (Å²) in [5.41, 5.74) is 1.69. The molecule has 0 bridgehead atoms. The zero-order valence-electron chi connectivity index (χ0n) is 8.25. The number of carbonyl (C=O) groups is 1. The number of hydroxylamine groups is 2. The van der Waals surface area contributed by atoms with E-state index in [1.165, 1.54) is 0 Å². The smallest absolute Gasteiger partial charge is 0.412 e. The first-order valence-corrected chi connectivity index (χ1v) is 4.83. The first-order chi connectivity index (χ1) is 7.64. The lowest BCUT2D eigenvalue weighted by Crippen LogP contribution is -2.47. The average molecular weight is 216 g/mol. The lowest BCUT2D eigenvalue weighted by Gasteiger charge is -2.34. The van der Waals surface area contributed by atoms with Gasteiger partial charge in [-0.1, -0.05) is 12.1 Å². The molecular weight excluding hydrogens is 208 g/mol. The molecule has 0 spiro atoms. The molecule has 2 aliphatic rings. The number of fused-ring (bicyclic) bond motifs is 3. The molecule has 1 aromatic rings. The van der Waals surface area contributed by atoms with Crippen LogP contribution in [-0.2, 0) is 4.79 Å². The Balaban J connectivity index is 2.25. The summed E-state index contributed by atoms with van der Waals surface area (Å²) in [6.07, 6.45) is 1.72. The Morgan fingerprint density at radius 3 is 2.94 bits per heavy atom. The fraction of sp³-hybridized carbons (Fsp3) is 0.0909. The monoisotopic (exact) mass is 216 g/mol. The number of carboxylic acids is 1. The van der Waals surface area contributed by atoms with E-state index in [1.54, 1.807) is 24.3 Å². The predicted octanol–water partition coefficient (Wildman–Crippen LogP) is 1.34. The molecule has 0 saturated carbocycles. The summed E-state index contributed by atoms with van der Waals surface area (Å²) in [5, 5.41) is 21.6. The molecule has 1 N–H and O–H groups in total. The second-order valence-electron chi connectivity index (χ2n) is 3.75. The summed E-state index contributed by atoms with van der Waals surface area (Å²) in [6, 6.07) is 7.00. The van der Waals surface area contributed by atoms with E-state index in [9.17, 15) is 10.0 Å². The van der Waals surface area contributed by atoms with E-state index in [-0.39, 0.29) is 12.4 Å². The molecule has 5 heteroatoms. The Morgan fingerprint density at radius 1 is 1.44 bits per heavy atom. The van der Waals surface area contributed by atoms with Crippen molar-refractivity contribution in [2.75, 3.05) is 6.54 Å². The van der Waals surface area contributed by atoms with E-state index < -0.39 is 10.6 Å². The van der Waals surface area contributed by atoms with Crippen LogP contribution in [0.15, 0.2) is 35.0 Å². The van der Waals surface area contributed by atoms with Gasteiger partial charge in [0.2, 0.25) is 0 Å². The molecule has 1 unspecified atom stereocenters. The lowest BCUT2D eigenvalue weighted by atomic mass is 10.2. The van der Waals surface area contributed by atoms with Gasteiger partial charge in [-0.15, -0.1) is 0 Å². The zero-order valence-corrected chi connectivity index (χ0v) is 8.25. The third-order valence-electron chi connectivity index (χ3n) is 2.88. The molecule has 0 saturated heterocycles. The Bertz CT molecular complexity index is 562. The molecule has 0 aromatic heterocycles. The van der Waals surface area contributed by atoms with E-state index in [0.717, 1.165) is 5.56 Å². The molecule has 0 fully saturated rings. The number of benzene rings is 1. The number of para-hydroxylation sites is 1. The maximum Gasteiger partial charge on any atom is 0.412 e. The number of hydrogen-bond donors (Lipinski definition) is 1. The van der Waals surface area contributed by atoms with Gasteiger partial charge in [0.25, 0.3) is 0 Å².